The van der Waals surface area contributed by atoms with Crippen LogP contribution < -0.4 is 0 Å². The van der Waals surface area contributed by atoms with Crippen molar-refractivity contribution < 1.29 is 9.47 Å². The molecule has 0 aromatic carbocycles. The molecule has 2 heterocycles. The number of rotatable bonds is 1. The van der Waals surface area contributed by atoms with Crippen LogP contribution in [0.15, 0.2) is 6.20 Å². The summed E-state index contributed by atoms with van der Waals surface area (Å²) < 4.78 is 11.0. The second kappa shape index (κ2) is 3.06. The van der Waals surface area contributed by atoms with Crippen molar-refractivity contribution in [3.05, 3.63) is 15.5 Å². The smallest absolute Gasteiger partial charge is 0.194 e. The van der Waals surface area contributed by atoms with Crippen molar-refractivity contribution in [2.45, 2.75) is 6.29 Å². The lowest BCUT2D eigenvalue weighted by Crippen LogP contribution is -1.93. The van der Waals surface area contributed by atoms with Crippen molar-refractivity contribution in [3.8, 4) is 0 Å². The van der Waals surface area contributed by atoms with Crippen molar-refractivity contribution in [2.24, 2.45) is 0 Å². The number of thiazole rings is 1. The van der Waals surface area contributed by atoms with Crippen LogP contribution in [0.25, 0.3) is 0 Å². The van der Waals surface area contributed by atoms with Crippen LogP contribution >= 0.6 is 22.9 Å². The number of nitrogens with zero attached hydrogens (tertiary/aromatic N) is 1. The maximum absolute atomic E-state index is 5.64. The zero-order chi connectivity index (χ0) is 7.68. The third-order valence-corrected chi connectivity index (χ3v) is 2.49. The van der Waals surface area contributed by atoms with Crippen LogP contribution in [-0.2, 0) is 9.47 Å². The lowest BCUT2D eigenvalue weighted by molar-refractivity contribution is -0.0414. The molecule has 1 saturated heterocycles. The van der Waals surface area contributed by atoms with E-state index < -0.39 is 0 Å². The molecular formula is C6H6ClNO2S. The van der Waals surface area contributed by atoms with Gasteiger partial charge in [0.1, 0.15) is 0 Å². The van der Waals surface area contributed by atoms with Crippen LogP contribution in [-0.4, -0.2) is 18.2 Å². The van der Waals surface area contributed by atoms with Crippen molar-refractivity contribution in [1.29, 1.82) is 0 Å². The lowest BCUT2D eigenvalue weighted by Gasteiger charge is -2.02. The van der Waals surface area contributed by atoms with Gasteiger partial charge in [0.2, 0.25) is 0 Å². The van der Waals surface area contributed by atoms with Crippen molar-refractivity contribution in [3.63, 3.8) is 0 Å². The minimum atomic E-state index is -0.236. The average Bonchev–Trinajstić information content (AvgIpc) is 2.55. The molecule has 0 unspecified atom stereocenters. The number of aromatic nitrogens is 1. The molecule has 60 valence electrons. The maximum atomic E-state index is 5.64. The van der Waals surface area contributed by atoms with Gasteiger partial charge in [0.05, 0.1) is 18.1 Å². The Kier molecular flexibility index (Phi) is 2.09. The highest BCUT2D eigenvalue weighted by Crippen LogP contribution is 2.29. The summed E-state index contributed by atoms with van der Waals surface area (Å²) in [5.74, 6) is 0. The molecule has 1 fully saturated rings. The van der Waals surface area contributed by atoms with Gasteiger partial charge in [0, 0.05) is 6.20 Å². The molecule has 0 saturated carbocycles. The SMILES string of the molecule is Clc1ncc(C2OCCO2)s1. The molecule has 0 bridgehead atoms. The normalized spacial score (nSPS) is 19.4. The first-order chi connectivity index (χ1) is 5.36. The Bertz CT molecular complexity index is 246. The first kappa shape index (κ1) is 7.49. The minimum absolute atomic E-state index is 0.236. The quantitative estimate of drug-likeness (QED) is 0.679. The molecule has 1 aliphatic heterocycles. The molecule has 0 spiro atoms. The monoisotopic (exact) mass is 191 g/mol. The van der Waals surface area contributed by atoms with Gasteiger partial charge in [-0.2, -0.15) is 0 Å². The summed E-state index contributed by atoms with van der Waals surface area (Å²) in [6, 6.07) is 0. The van der Waals surface area contributed by atoms with Gasteiger partial charge < -0.3 is 9.47 Å². The third-order valence-electron chi connectivity index (χ3n) is 1.35. The number of halogens is 1. The predicted molar refractivity (Wildman–Crippen MR) is 41.8 cm³/mol. The third kappa shape index (κ3) is 1.54. The Labute approximate surface area is 72.9 Å². The topological polar surface area (TPSA) is 31.4 Å². The van der Waals surface area contributed by atoms with E-state index in [0.717, 1.165) is 4.88 Å². The Morgan fingerprint density at radius 1 is 1.55 bits per heavy atom. The van der Waals surface area contributed by atoms with Crippen LogP contribution in [0.4, 0.5) is 0 Å². The van der Waals surface area contributed by atoms with E-state index in [9.17, 15) is 0 Å². The second-order valence-corrected chi connectivity index (χ2v) is 3.73. The van der Waals surface area contributed by atoms with Gasteiger partial charge in [-0.05, 0) is 0 Å². The van der Waals surface area contributed by atoms with Gasteiger partial charge >= 0.3 is 0 Å². The van der Waals surface area contributed by atoms with Gasteiger partial charge in [0.15, 0.2) is 10.8 Å². The van der Waals surface area contributed by atoms with Crippen LogP contribution in [0.2, 0.25) is 4.47 Å². The van der Waals surface area contributed by atoms with Gasteiger partial charge in [-0.15, -0.1) is 11.3 Å². The number of hydrogen-bond acceptors (Lipinski definition) is 4. The van der Waals surface area contributed by atoms with E-state index in [2.05, 4.69) is 4.98 Å². The van der Waals surface area contributed by atoms with E-state index in [4.69, 9.17) is 21.1 Å². The molecule has 1 aliphatic rings. The first-order valence-corrected chi connectivity index (χ1v) is 4.40. The first-order valence-electron chi connectivity index (χ1n) is 3.21. The van der Waals surface area contributed by atoms with E-state index in [-0.39, 0.29) is 6.29 Å². The number of hydrogen-bond donors (Lipinski definition) is 0. The molecule has 1 aromatic heterocycles. The van der Waals surface area contributed by atoms with Crippen molar-refractivity contribution in [1.82, 2.24) is 4.98 Å². The zero-order valence-corrected chi connectivity index (χ0v) is 7.19. The van der Waals surface area contributed by atoms with Gasteiger partial charge in [-0.3, -0.25) is 0 Å². The molecule has 5 heteroatoms. The molecule has 11 heavy (non-hydrogen) atoms. The molecule has 0 aliphatic carbocycles. The fourth-order valence-corrected chi connectivity index (χ4v) is 1.85. The summed E-state index contributed by atoms with van der Waals surface area (Å²) in [6.45, 7) is 1.31. The summed E-state index contributed by atoms with van der Waals surface area (Å²) in [5, 5.41) is 0. The molecule has 1 aromatic rings. The number of ether oxygens (including phenoxy) is 2. The largest absolute Gasteiger partial charge is 0.345 e. The Morgan fingerprint density at radius 2 is 2.27 bits per heavy atom. The standard InChI is InChI=1S/C6H6ClNO2S/c7-6-8-3-4(11-6)5-9-1-2-10-5/h3,5H,1-2H2. The summed E-state index contributed by atoms with van der Waals surface area (Å²) >= 11 is 7.02. The fourth-order valence-electron chi connectivity index (χ4n) is 0.896. The molecule has 0 amide bonds. The Hall–Kier alpha value is -0.160. The highest BCUT2D eigenvalue weighted by atomic mass is 35.5. The highest BCUT2D eigenvalue weighted by molar-refractivity contribution is 7.15. The molecule has 3 nitrogen and oxygen atoms in total. The van der Waals surface area contributed by atoms with Crippen molar-refractivity contribution in [2.75, 3.05) is 13.2 Å². The van der Waals surface area contributed by atoms with Gasteiger partial charge in [0.25, 0.3) is 0 Å². The van der Waals surface area contributed by atoms with E-state index in [1.165, 1.54) is 11.3 Å². The zero-order valence-electron chi connectivity index (χ0n) is 5.62. The summed E-state index contributed by atoms with van der Waals surface area (Å²) in [4.78, 5) is 4.82. The predicted octanol–water partition coefficient (Wildman–Crippen LogP) is 1.84. The lowest BCUT2D eigenvalue weighted by atomic mass is 10.5. The van der Waals surface area contributed by atoms with Crippen LogP contribution in [0.5, 0.6) is 0 Å². The van der Waals surface area contributed by atoms with E-state index in [1.54, 1.807) is 6.20 Å². The van der Waals surface area contributed by atoms with Gasteiger partial charge in [-0.1, -0.05) is 11.6 Å². The van der Waals surface area contributed by atoms with E-state index in [0.29, 0.717) is 17.7 Å². The Balaban J connectivity index is 2.15. The van der Waals surface area contributed by atoms with E-state index in [1.807, 2.05) is 0 Å². The fraction of sp³-hybridized carbons (Fsp3) is 0.500. The summed E-state index contributed by atoms with van der Waals surface area (Å²) in [7, 11) is 0. The van der Waals surface area contributed by atoms with Crippen LogP contribution in [0.3, 0.4) is 0 Å². The average molecular weight is 192 g/mol. The molecule has 2 rings (SSSR count). The molecular weight excluding hydrogens is 186 g/mol. The van der Waals surface area contributed by atoms with Gasteiger partial charge in [-0.25, -0.2) is 4.98 Å². The Morgan fingerprint density at radius 3 is 2.82 bits per heavy atom. The molecule has 0 atom stereocenters. The summed E-state index contributed by atoms with van der Waals surface area (Å²) in [5.41, 5.74) is 0. The molecule has 0 radical (unpaired) electrons. The highest BCUT2D eigenvalue weighted by Gasteiger charge is 2.20. The van der Waals surface area contributed by atoms with Crippen LogP contribution in [0.1, 0.15) is 11.2 Å². The molecule has 0 N–H and O–H groups in total. The van der Waals surface area contributed by atoms with Crippen LogP contribution in [0, 0.1) is 0 Å². The second-order valence-electron chi connectivity index (χ2n) is 2.09. The summed E-state index contributed by atoms with van der Waals surface area (Å²) in [6.07, 6.45) is 1.45. The minimum Gasteiger partial charge on any atom is -0.345 e. The van der Waals surface area contributed by atoms with E-state index >= 15 is 0 Å². The maximum Gasteiger partial charge on any atom is 0.194 e. The van der Waals surface area contributed by atoms with Crippen molar-refractivity contribution >= 4 is 22.9 Å².